The van der Waals surface area contributed by atoms with Gasteiger partial charge in [-0.2, -0.15) is 0 Å². The summed E-state index contributed by atoms with van der Waals surface area (Å²) in [6, 6.07) is 91.0. The second-order valence-electron chi connectivity index (χ2n) is 16.3. The molecule has 0 fully saturated rings. The van der Waals surface area contributed by atoms with Crippen LogP contribution in [0, 0.1) is 0 Å². The highest BCUT2D eigenvalue weighted by molar-refractivity contribution is 6.23. The molecule has 0 atom stereocenters. The molecule has 0 unspecified atom stereocenters. The van der Waals surface area contributed by atoms with Crippen molar-refractivity contribution in [2.75, 3.05) is 4.90 Å². The van der Waals surface area contributed by atoms with Gasteiger partial charge in [-0.1, -0.05) is 218 Å². The number of fused-ring (bicyclic) bond motifs is 7. The highest BCUT2D eigenvalue weighted by atomic mass is 15.1. The standard InChI is InChI=1S/C62H41N/c1-3-19-43(20-4-1)59-54-29-13-9-25-50(54)52-27-11-15-31-56(52)61(59)45-34-38-47(39-35-45)63(58-33-17-23-42-18-7-8-24-49(42)58)48-40-36-46(37-41-48)62-57-32-16-12-28-53(57)51-26-10-14-30-55(51)60(62)44-21-5-2-6-22-44/h1-41H. The first-order chi connectivity index (χ1) is 31.3. The molecular formula is C62H41N. The van der Waals surface area contributed by atoms with Crippen molar-refractivity contribution >= 4 is 70.9 Å². The predicted molar refractivity (Wildman–Crippen MR) is 270 cm³/mol. The van der Waals surface area contributed by atoms with Gasteiger partial charge in [0.1, 0.15) is 0 Å². The fraction of sp³-hybridized carbons (Fsp3) is 0. The monoisotopic (exact) mass is 799 g/mol. The van der Waals surface area contributed by atoms with Crippen LogP contribution in [0.2, 0.25) is 0 Å². The fourth-order valence-electron chi connectivity index (χ4n) is 10.1. The maximum absolute atomic E-state index is 2.42. The highest BCUT2D eigenvalue weighted by Gasteiger charge is 2.21. The summed E-state index contributed by atoms with van der Waals surface area (Å²) in [7, 11) is 0. The number of anilines is 3. The molecule has 0 aliphatic heterocycles. The third kappa shape index (κ3) is 6.17. The molecule has 0 aliphatic rings. The van der Waals surface area contributed by atoms with E-state index >= 15 is 0 Å². The molecule has 0 N–H and O–H groups in total. The van der Waals surface area contributed by atoms with E-state index in [0.717, 1.165) is 17.1 Å². The Labute approximate surface area is 367 Å². The predicted octanol–water partition coefficient (Wildman–Crippen LogP) is 17.6. The number of hydrogen-bond donors (Lipinski definition) is 0. The van der Waals surface area contributed by atoms with Gasteiger partial charge >= 0.3 is 0 Å². The highest BCUT2D eigenvalue weighted by Crippen LogP contribution is 2.48. The Hall–Kier alpha value is -8.26. The third-order valence-electron chi connectivity index (χ3n) is 12.8. The minimum Gasteiger partial charge on any atom is -0.310 e. The lowest BCUT2D eigenvalue weighted by atomic mass is 9.85. The normalized spacial score (nSPS) is 11.5. The molecule has 1 nitrogen and oxygen atoms in total. The van der Waals surface area contributed by atoms with Crippen LogP contribution in [0.5, 0.6) is 0 Å². The van der Waals surface area contributed by atoms with Crippen LogP contribution in [-0.4, -0.2) is 0 Å². The van der Waals surface area contributed by atoms with Crippen molar-refractivity contribution in [3.8, 4) is 44.5 Å². The van der Waals surface area contributed by atoms with E-state index in [1.807, 2.05) is 0 Å². The summed E-state index contributed by atoms with van der Waals surface area (Å²) in [6.07, 6.45) is 0. The van der Waals surface area contributed by atoms with Crippen molar-refractivity contribution in [3.63, 3.8) is 0 Å². The summed E-state index contributed by atoms with van der Waals surface area (Å²) >= 11 is 0. The molecule has 0 saturated carbocycles. The Morgan fingerprint density at radius 1 is 0.190 bits per heavy atom. The maximum Gasteiger partial charge on any atom is 0.0540 e. The Kier molecular flexibility index (Phi) is 8.90. The molecule has 0 amide bonds. The van der Waals surface area contributed by atoms with E-state index in [9.17, 15) is 0 Å². The number of hydrogen-bond acceptors (Lipinski definition) is 1. The van der Waals surface area contributed by atoms with Crippen LogP contribution < -0.4 is 4.90 Å². The van der Waals surface area contributed by atoms with Crippen LogP contribution in [0.15, 0.2) is 249 Å². The van der Waals surface area contributed by atoms with Crippen molar-refractivity contribution in [1.29, 1.82) is 0 Å². The first-order valence-electron chi connectivity index (χ1n) is 21.8. The van der Waals surface area contributed by atoms with Gasteiger partial charge in [-0.15, -0.1) is 0 Å². The molecule has 0 bridgehead atoms. The number of benzene rings is 12. The van der Waals surface area contributed by atoms with E-state index in [-0.39, 0.29) is 0 Å². The SMILES string of the molecule is c1ccc(-c2c(-c3ccc(N(c4ccc(-c5c(-c6ccccc6)c6ccccc6c6ccccc56)cc4)c4cccc5ccccc45)cc3)c3ccccc3c3ccccc23)cc1. The zero-order valence-corrected chi connectivity index (χ0v) is 34.6. The van der Waals surface area contributed by atoms with E-state index < -0.39 is 0 Å². The molecular weight excluding hydrogens is 759 g/mol. The van der Waals surface area contributed by atoms with Gasteiger partial charge in [0.15, 0.2) is 0 Å². The number of nitrogens with zero attached hydrogens (tertiary/aromatic N) is 1. The average Bonchev–Trinajstić information content (AvgIpc) is 3.37. The topological polar surface area (TPSA) is 3.24 Å². The van der Waals surface area contributed by atoms with Crippen molar-refractivity contribution in [3.05, 3.63) is 249 Å². The van der Waals surface area contributed by atoms with Crippen LogP contribution in [0.3, 0.4) is 0 Å². The van der Waals surface area contributed by atoms with Gasteiger partial charge in [-0.05, 0) is 123 Å². The third-order valence-corrected chi connectivity index (χ3v) is 12.8. The molecule has 1 heteroatoms. The Bertz CT molecular complexity index is 3430. The lowest BCUT2D eigenvalue weighted by Crippen LogP contribution is -2.10. The summed E-state index contributed by atoms with van der Waals surface area (Å²) in [4.78, 5) is 2.42. The van der Waals surface area contributed by atoms with Gasteiger partial charge in [0.25, 0.3) is 0 Å². The van der Waals surface area contributed by atoms with Crippen LogP contribution in [0.1, 0.15) is 0 Å². The summed E-state index contributed by atoms with van der Waals surface area (Å²) in [6.45, 7) is 0. The molecule has 63 heavy (non-hydrogen) atoms. The Morgan fingerprint density at radius 3 is 0.857 bits per heavy atom. The lowest BCUT2D eigenvalue weighted by Gasteiger charge is -2.28. The van der Waals surface area contributed by atoms with Crippen molar-refractivity contribution in [2.45, 2.75) is 0 Å². The van der Waals surface area contributed by atoms with Crippen LogP contribution in [-0.2, 0) is 0 Å². The Balaban J connectivity index is 1.05. The molecule has 0 radical (unpaired) electrons. The molecule has 0 spiro atoms. The largest absolute Gasteiger partial charge is 0.310 e. The second kappa shape index (κ2) is 15.3. The van der Waals surface area contributed by atoms with Crippen molar-refractivity contribution in [2.24, 2.45) is 0 Å². The summed E-state index contributed by atoms with van der Waals surface area (Å²) in [5, 5.41) is 12.5. The smallest absolute Gasteiger partial charge is 0.0540 e. The summed E-state index contributed by atoms with van der Waals surface area (Å²) in [5.74, 6) is 0. The van der Waals surface area contributed by atoms with Crippen LogP contribution >= 0.6 is 0 Å². The first-order valence-corrected chi connectivity index (χ1v) is 21.8. The molecule has 0 saturated heterocycles. The zero-order valence-electron chi connectivity index (χ0n) is 34.6. The lowest BCUT2D eigenvalue weighted by molar-refractivity contribution is 1.30. The first kappa shape index (κ1) is 36.6. The van der Waals surface area contributed by atoms with Gasteiger partial charge in [0, 0.05) is 16.8 Å². The van der Waals surface area contributed by atoms with E-state index in [1.165, 1.54) is 98.4 Å². The van der Waals surface area contributed by atoms with E-state index in [4.69, 9.17) is 0 Å². The summed E-state index contributed by atoms with van der Waals surface area (Å²) in [5.41, 5.74) is 13.1. The molecule has 12 aromatic rings. The van der Waals surface area contributed by atoms with Gasteiger partial charge in [-0.25, -0.2) is 0 Å². The molecule has 294 valence electrons. The minimum atomic E-state index is 1.09. The molecule has 12 rings (SSSR count). The van der Waals surface area contributed by atoms with E-state index in [1.54, 1.807) is 0 Å². The van der Waals surface area contributed by atoms with E-state index in [2.05, 4.69) is 254 Å². The minimum absolute atomic E-state index is 1.09. The van der Waals surface area contributed by atoms with Gasteiger partial charge in [-0.3, -0.25) is 0 Å². The van der Waals surface area contributed by atoms with Crippen LogP contribution in [0.25, 0.3) is 98.4 Å². The molecule has 0 heterocycles. The van der Waals surface area contributed by atoms with Crippen molar-refractivity contribution < 1.29 is 0 Å². The fourth-order valence-corrected chi connectivity index (χ4v) is 10.1. The average molecular weight is 800 g/mol. The number of rotatable bonds is 7. The zero-order chi connectivity index (χ0) is 41.7. The quantitative estimate of drug-likeness (QED) is 0.145. The second-order valence-corrected chi connectivity index (χ2v) is 16.3. The maximum atomic E-state index is 2.42. The Morgan fingerprint density at radius 2 is 0.476 bits per heavy atom. The van der Waals surface area contributed by atoms with Crippen molar-refractivity contribution in [1.82, 2.24) is 0 Å². The van der Waals surface area contributed by atoms with Gasteiger partial charge < -0.3 is 4.90 Å². The van der Waals surface area contributed by atoms with Gasteiger partial charge in [0.2, 0.25) is 0 Å². The summed E-state index contributed by atoms with van der Waals surface area (Å²) < 4.78 is 0. The van der Waals surface area contributed by atoms with E-state index in [0.29, 0.717) is 0 Å². The van der Waals surface area contributed by atoms with Crippen LogP contribution in [0.4, 0.5) is 17.1 Å². The molecule has 0 aliphatic carbocycles. The van der Waals surface area contributed by atoms with Gasteiger partial charge in [0.05, 0.1) is 5.69 Å². The molecule has 12 aromatic carbocycles. The molecule has 0 aromatic heterocycles.